The Morgan fingerprint density at radius 2 is 1.64 bits per heavy atom. The Morgan fingerprint density at radius 3 is 2.34 bits per heavy atom. The van der Waals surface area contributed by atoms with E-state index in [9.17, 15) is 13.6 Å². The Bertz CT molecular complexity index is 1710. The van der Waals surface area contributed by atoms with Gasteiger partial charge in [-0.3, -0.25) is 9.80 Å². The van der Waals surface area contributed by atoms with E-state index in [1.807, 2.05) is 47.8 Å². The molecule has 0 fully saturated rings. The standard InChI is InChI=1S/C18H16F2N2S.C15H12Cl2N2OS/c1-12-9-17(13-5-3-2-4-6-13)21-22(11-12)18(23)14-7-8-15(19)16(20)10-14;16-11-6-5-10(9-12(11)17)15(20)19-7-1-3-13(18-19)14-4-2-8-21-14/h2-8,10,12H,9,11H2,1H3;2,4-6,8-9H,1,3,7H2. The van der Waals surface area contributed by atoms with E-state index in [2.05, 4.69) is 17.1 Å². The number of thiocarbonyl (C=S) groups is 1. The third-order valence-corrected chi connectivity index (χ3v) is 9.11. The average Bonchev–Trinajstić information content (AvgIpc) is 3.59. The van der Waals surface area contributed by atoms with Gasteiger partial charge in [0, 0.05) is 24.2 Å². The van der Waals surface area contributed by atoms with Gasteiger partial charge in [-0.25, -0.2) is 13.8 Å². The second kappa shape index (κ2) is 14.5. The third kappa shape index (κ3) is 7.77. The molecule has 0 spiro atoms. The van der Waals surface area contributed by atoms with Gasteiger partial charge >= 0.3 is 0 Å². The number of carbonyl (C=O) groups excluding carboxylic acids is 1. The lowest BCUT2D eigenvalue weighted by atomic mass is 9.97. The van der Waals surface area contributed by atoms with Gasteiger partial charge in [-0.2, -0.15) is 10.2 Å². The number of nitrogens with zero attached hydrogens (tertiary/aromatic N) is 4. The zero-order chi connectivity index (χ0) is 31.2. The lowest BCUT2D eigenvalue weighted by molar-refractivity contribution is 0.0751. The second-order valence-corrected chi connectivity index (χ2v) is 12.6. The normalized spacial score (nSPS) is 16.4. The number of halogens is 4. The number of carbonyl (C=O) groups is 1. The summed E-state index contributed by atoms with van der Waals surface area (Å²) in [6.45, 7) is 3.40. The van der Waals surface area contributed by atoms with Crippen LogP contribution in [0, 0.1) is 17.6 Å². The van der Waals surface area contributed by atoms with Crippen LogP contribution >= 0.6 is 46.8 Å². The maximum atomic E-state index is 13.4. The number of thiophene rings is 1. The number of hydrogen-bond acceptors (Lipinski definition) is 5. The molecule has 0 saturated carbocycles. The van der Waals surface area contributed by atoms with Crippen LogP contribution in [0.3, 0.4) is 0 Å². The van der Waals surface area contributed by atoms with Crippen molar-refractivity contribution in [2.75, 3.05) is 13.1 Å². The Hall–Kier alpha value is -3.50. The Labute approximate surface area is 274 Å². The molecule has 11 heteroatoms. The van der Waals surface area contributed by atoms with E-state index in [4.69, 9.17) is 35.4 Å². The summed E-state index contributed by atoms with van der Waals surface area (Å²) in [6, 6.07) is 22.5. The van der Waals surface area contributed by atoms with Crippen molar-refractivity contribution in [2.24, 2.45) is 16.1 Å². The van der Waals surface area contributed by atoms with Crippen LogP contribution in [0.4, 0.5) is 8.78 Å². The van der Waals surface area contributed by atoms with Crippen molar-refractivity contribution in [3.63, 3.8) is 0 Å². The van der Waals surface area contributed by atoms with Crippen LogP contribution in [0.15, 0.2) is 94.4 Å². The number of hydrazone groups is 2. The summed E-state index contributed by atoms with van der Waals surface area (Å²) in [4.78, 5) is 14.0. The molecule has 6 rings (SSSR count). The van der Waals surface area contributed by atoms with E-state index >= 15 is 0 Å². The lowest BCUT2D eigenvalue weighted by Crippen LogP contribution is -2.35. The van der Waals surface area contributed by atoms with Gasteiger partial charge in [0.25, 0.3) is 5.91 Å². The highest BCUT2D eigenvalue weighted by Crippen LogP contribution is 2.25. The molecular formula is C33H28Cl2F2N4OS2. The van der Waals surface area contributed by atoms with Gasteiger partial charge in [0.15, 0.2) is 11.6 Å². The summed E-state index contributed by atoms with van der Waals surface area (Å²) in [5.74, 6) is -1.56. The molecule has 0 bridgehead atoms. The van der Waals surface area contributed by atoms with Crippen LogP contribution in [0.25, 0.3) is 0 Å². The first-order valence-electron chi connectivity index (χ1n) is 14.0. The van der Waals surface area contributed by atoms with E-state index in [-0.39, 0.29) is 5.91 Å². The summed E-state index contributed by atoms with van der Waals surface area (Å²) >= 11 is 18.9. The van der Waals surface area contributed by atoms with Crippen molar-refractivity contribution < 1.29 is 13.6 Å². The lowest BCUT2D eigenvalue weighted by Gasteiger charge is -2.30. The molecule has 0 saturated heterocycles. The fourth-order valence-corrected chi connectivity index (χ4v) is 6.09. The number of benzene rings is 3. The van der Waals surface area contributed by atoms with Crippen molar-refractivity contribution in [2.45, 2.75) is 26.2 Å². The van der Waals surface area contributed by atoms with E-state index in [1.165, 1.54) is 11.1 Å². The predicted molar refractivity (Wildman–Crippen MR) is 179 cm³/mol. The van der Waals surface area contributed by atoms with Crippen molar-refractivity contribution in [1.29, 1.82) is 0 Å². The summed E-state index contributed by atoms with van der Waals surface area (Å²) in [7, 11) is 0. The molecule has 1 atom stereocenters. The summed E-state index contributed by atoms with van der Waals surface area (Å²) < 4.78 is 26.5. The molecular weight excluding hydrogens is 641 g/mol. The molecule has 1 amide bonds. The monoisotopic (exact) mass is 668 g/mol. The Kier molecular flexibility index (Phi) is 10.5. The molecule has 0 aliphatic carbocycles. The Morgan fingerprint density at radius 1 is 0.886 bits per heavy atom. The predicted octanol–water partition coefficient (Wildman–Crippen LogP) is 9.08. The first-order chi connectivity index (χ1) is 21.2. The van der Waals surface area contributed by atoms with Gasteiger partial charge in [0.1, 0.15) is 4.99 Å². The highest BCUT2D eigenvalue weighted by Gasteiger charge is 2.24. The molecule has 0 radical (unpaired) electrons. The van der Waals surface area contributed by atoms with Gasteiger partial charge in [0.05, 0.1) is 26.3 Å². The zero-order valence-corrected chi connectivity index (χ0v) is 26.9. The van der Waals surface area contributed by atoms with Crippen molar-refractivity contribution in [3.8, 4) is 0 Å². The number of rotatable bonds is 4. The molecule has 5 nitrogen and oxygen atoms in total. The van der Waals surface area contributed by atoms with E-state index in [1.54, 1.807) is 34.5 Å². The maximum absolute atomic E-state index is 13.4. The third-order valence-electron chi connectivity index (χ3n) is 7.01. The SMILES string of the molecule is CC1CC(c2ccccc2)=NN(C(=S)c2ccc(F)c(F)c2)C1.O=C(c1ccc(Cl)c(Cl)c1)N1CCCC(c2cccs2)=N1. The fraction of sp³-hybridized carbons (Fsp3) is 0.212. The first-order valence-corrected chi connectivity index (χ1v) is 16.0. The zero-order valence-electron chi connectivity index (χ0n) is 23.7. The summed E-state index contributed by atoms with van der Waals surface area (Å²) in [5.41, 5.74) is 3.93. The molecule has 0 N–H and O–H groups in total. The van der Waals surface area contributed by atoms with Crippen LogP contribution in [0.5, 0.6) is 0 Å². The van der Waals surface area contributed by atoms with Crippen LogP contribution in [-0.2, 0) is 0 Å². The van der Waals surface area contributed by atoms with Gasteiger partial charge in [-0.05, 0) is 78.6 Å². The van der Waals surface area contributed by atoms with Gasteiger partial charge in [-0.15, -0.1) is 11.3 Å². The molecule has 226 valence electrons. The maximum Gasteiger partial charge on any atom is 0.274 e. The molecule has 44 heavy (non-hydrogen) atoms. The minimum absolute atomic E-state index is 0.151. The molecule has 1 unspecified atom stereocenters. The molecule has 3 aromatic carbocycles. The topological polar surface area (TPSA) is 48.3 Å². The van der Waals surface area contributed by atoms with Crippen LogP contribution < -0.4 is 0 Å². The molecule has 1 aromatic heterocycles. The van der Waals surface area contributed by atoms with Gasteiger partial charge in [0.2, 0.25) is 0 Å². The molecule has 2 aliphatic rings. The quantitative estimate of drug-likeness (QED) is 0.204. The minimum Gasteiger partial charge on any atom is -0.267 e. The highest BCUT2D eigenvalue weighted by atomic mass is 35.5. The highest BCUT2D eigenvalue weighted by molar-refractivity contribution is 7.80. The van der Waals surface area contributed by atoms with Crippen molar-refractivity contribution in [1.82, 2.24) is 10.0 Å². The van der Waals surface area contributed by atoms with Gasteiger partial charge < -0.3 is 0 Å². The van der Waals surface area contributed by atoms with Crippen LogP contribution in [-0.4, -0.2) is 45.4 Å². The number of amides is 1. The largest absolute Gasteiger partial charge is 0.274 e. The first kappa shape index (κ1) is 31.9. The number of hydrogen-bond donors (Lipinski definition) is 0. The van der Waals surface area contributed by atoms with E-state index < -0.39 is 11.6 Å². The average molecular weight is 670 g/mol. The van der Waals surface area contributed by atoms with Crippen molar-refractivity contribution >= 4 is 69.1 Å². The minimum atomic E-state index is -0.901. The van der Waals surface area contributed by atoms with E-state index in [0.717, 1.165) is 53.3 Å². The smallest absolute Gasteiger partial charge is 0.267 e. The summed E-state index contributed by atoms with van der Waals surface area (Å²) in [5, 5.41) is 15.2. The Balaban J connectivity index is 0.000000175. The van der Waals surface area contributed by atoms with Gasteiger partial charge in [-0.1, -0.05) is 78.7 Å². The van der Waals surface area contributed by atoms with Crippen LogP contribution in [0.1, 0.15) is 52.5 Å². The second-order valence-electron chi connectivity index (χ2n) is 10.4. The fourth-order valence-electron chi connectivity index (χ4n) is 4.81. The molecule has 4 aromatic rings. The van der Waals surface area contributed by atoms with Crippen LogP contribution in [0.2, 0.25) is 10.0 Å². The summed E-state index contributed by atoms with van der Waals surface area (Å²) in [6.07, 6.45) is 2.66. The molecule has 2 aliphatic heterocycles. The van der Waals surface area contributed by atoms with E-state index in [0.29, 0.717) is 45.2 Å². The van der Waals surface area contributed by atoms with Crippen molar-refractivity contribution in [3.05, 3.63) is 127 Å². The molecule has 3 heterocycles.